The molecule has 1 amide bonds. The van der Waals surface area contributed by atoms with Crippen LogP contribution < -0.4 is 10.1 Å². The molecule has 0 aliphatic heterocycles. The van der Waals surface area contributed by atoms with Gasteiger partial charge in [-0.3, -0.25) is 4.79 Å². The Bertz CT molecular complexity index is 1230. The predicted octanol–water partition coefficient (Wildman–Crippen LogP) is 9.34. The summed E-state index contributed by atoms with van der Waals surface area (Å²) in [5.41, 5.74) is 0.276. The molecule has 0 heterocycles. The zero-order chi connectivity index (χ0) is 32.9. The molecule has 0 aliphatic carbocycles. The summed E-state index contributed by atoms with van der Waals surface area (Å²) in [6.07, 6.45) is 18.9. The number of hydrogen-bond donors (Lipinski definition) is 2. The second-order valence-electron chi connectivity index (χ2n) is 11.3. The highest BCUT2D eigenvalue weighted by molar-refractivity contribution is 5.97. The first-order chi connectivity index (χ1) is 21.8. The lowest BCUT2D eigenvalue weighted by molar-refractivity contribution is -0.116. The molecule has 9 nitrogen and oxygen atoms in total. The number of rotatable bonds is 23. The number of unbranched alkanes of at least 4 members (excludes halogenated alkanes) is 14. The van der Waals surface area contributed by atoms with Crippen LogP contribution in [-0.4, -0.2) is 42.6 Å². The third-order valence-corrected chi connectivity index (χ3v) is 7.57. The molecular weight excluding hydrogens is 574 g/mol. The van der Waals surface area contributed by atoms with E-state index in [1.165, 1.54) is 121 Å². The van der Waals surface area contributed by atoms with Gasteiger partial charge in [-0.1, -0.05) is 96.8 Å². The molecule has 0 atom stereocenters. The minimum absolute atomic E-state index is 0.0108. The van der Waals surface area contributed by atoms with E-state index in [0.29, 0.717) is 6.42 Å². The smallest absolute Gasteiger partial charge is 0.338 e. The van der Waals surface area contributed by atoms with E-state index in [0.717, 1.165) is 19.3 Å². The number of aromatic carboxylic acids is 1. The van der Waals surface area contributed by atoms with Crippen LogP contribution in [0.3, 0.4) is 0 Å². The summed E-state index contributed by atoms with van der Waals surface area (Å²) >= 11 is 0. The lowest BCUT2D eigenvalue weighted by Crippen LogP contribution is -2.13. The first-order valence-electron chi connectivity index (χ1n) is 16.5. The topological polar surface area (TPSA) is 128 Å². The molecule has 0 aromatic heterocycles. The van der Waals surface area contributed by atoms with Crippen molar-refractivity contribution in [3.05, 3.63) is 53.1 Å². The SMILES string of the molecule is CCCCCCCCCCCCCCCCCC(=O)Nc1cc(C(=O)OC)ccc1Oc1cc(C(=O)O)cc(C(=O)OCC)c1. The number of benzene rings is 2. The Kier molecular flexibility index (Phi) is 18.0. The van der Waals surface area contributed by atoms with Crippen LogP contribution in [0.2, 0.25) is 0 Å². The molecule has 0 saturated carbocycles. The van der Waals surface area contributed by atoms with E-state index in [-0.39, 0.29) is 46.4 Å². The molecule has 0 spiro atoms. The summed E-state index contributed by atoms with van der Waals surface area (Å²) in [5, 5.41) is 12.3. The molecule has 2 aromatic rings. The highest BCUT2D eigenvalue weighted by Gasteiger charge is 2.18. The van der Waals surface area contributed by atoms with Crippen molar-refractivity contribution in [3.8, 4) is 11.5 Å². The maximum atomic E-state index is 12.8. The molecule has 2 rings (SSSR count). The molecule has 0 fully saturated rings. The summed E-state index contributed by atoms with van der Waals surface area (Å²) in [7, 11) is 1.26. The molecule has 2 aromatic carbocycles. The number of amides is 1. The molecule has 0 saturated heterocycles. The number of esters is 2. The number of anilines is 1. The van der Waals surface area contributed by atoms with Crippen molar-refractivity contribution in [2.75, 3.05) is 19.0 Å². The second-order valence-corrected chi connectivity index (χ2v) is 11.3. The van der Waals surface area contributed by atoms with E-state index in [1.54, 1.807) is 6.92 Å². The monoisotopic (exact) mass is 625 g/mol. The van der Waals surface area contributed by atoms with Crippen molar-refractivity contribution in [3.63, 3.8) is 0 Å². The van der Waals surface area contributed by atoms with Crippen LogP contribution in [0, 0.1) is 0 Å². The number of carbonyl (C=O) groups is 4. The molecule has 0 bridgehead atoms. The van der Waals surface area contributed by atoms with Crippen molar-refractivity contribution in [2.45, 2.75) is 117 Å². The van der Waals surface area contributed by atoms with Gasteiger partial charge >= 0.3 is 17.9 Å². The summed E-state index contributed by atoms with van der Waals surface area (Å²) in [6, 6.07) is 8.22. The molecule has 0 unspecified atom stereocenters. The zero-order valence-corrected chi connectivity index (χ0v) is 27.3. The minimum atomic E-state index is -1.25. The van der Waals surface area contributed by atoms with E-state index < -0.39 is 17.9 Å². The molecular formula is C36H51NO8. The highest BCUT2D eigenvalue weighted by Crippen LogP contribution is 2.32. The van der Waals surface area contributed by atoms with Crippen LogP contribution in [0.1, 0.15) is 148 Å². The van der Waals surface area contributed by atoms with Crippen LogP contribution in [0.5, 0.6) is 11.5 Å². The zero-order valence-electron chi connectivity index (χ0n) is 27.3. The van der Waals surface area contributed by atoms with Crippen LogP contribution in [0.15, 0.2) is 36.4 Å². The van der Waals surface area contributed by atoms with Crippen LogP contribution in [0.4, 0.5) is 5.69 Å². The van der Waals surface area contributed by atoms with Crippen LogP contribution in [0.25, 0.3) is 0 Å². The Morgan fingerprint density at radius 3 is 1.76 bits per heavy atom. The average Bonchev–Trinajstić information content (AvgIpc) is 3.03. The number of nitrogens with one attached hydrogen (secondary N) is 1. The fourth-order valence-corrected chi connectivity index (χ4v) is 5.07. The maximum Gasteiger partial charge on any atom is 0.338 e. The number of hydrogen-bond acceptors (Lipinski definition) is 7. The van der Waals surface area contributed by atoms with Crippen LogP contribution >= 0.6 is 0 Å². The van der Waals surface area contributed by atoms with Gasteiger partial charge < -0.3 is 24.6 Å². The highest BCUT2D eigenvalue weighted by atomic mass is 16.5. The normalized spacial score (nSPS) is 10.7. The third-order valence-electron chi connectivity index (χ3n) is 7.57. The van der Waals surface area contributed by atoms with E-state index in [1.807, 2.05) is 0 Å². The van der Waals surface area contributed by atoms with E-state index >= 15 is 0 Å². The fraction of sp³-hybridized carbons (Fsp3) is 0.556. The molecule has 0 aliphatic rings. The number of carboxylic acid groups (broad SMARTS) is 1. The summed E-state index contributed by atoms with van der Waals surface area (Å²) in [6.45, 7) is 4.02. The quantitative estimate of drug-likeness (QED) is 0.0923. The fourth-order valence-electron chi connectivity index (χ4n) is 5.07. The first-order valence-corrected chi connectivity index (χ1v) is 16.5. The van der Waals surface area contributed by atoms with Gasteiger partial charge in [0.25, 0.3) is 0 Å². The molecule has 9 heteroatoms. The second kappa shape index (κ2) is 21.8. The molecule has 45 heavy (non-hydrogen) atoms. The van der Waals surface area contributed by atoms with Gasteiger partial charge in [0.05, 0.1) is 36.1 Å². The Balaban J connectivity index is 1.87. The first kappa shape index (κ1) is 37.3. The van der Waals surface area contributed by atoms with Crippen molar-refractivity contribution < 1.29 is 38.5 Å². The van der Waals surface area contributed by atoms with Gasteiger partial charge in [0.2, 0.25) is 5.91 Å². The van der Waals surface area contributed by atoms with Gasteiger partial charge in [-0.2, -0.15) is 0 Å². The van der Waals surface area contributed by atoms with Gasteiger partial charge in [0.1, 0.15) is 5.75 Å². The van der Waals surface area contributed by atoms with Gasteiger partial charge in [-0.05, 0) is 49.7 Å². The molecule has 2 N–H and O–H groups in total. The van der Waals surface area contributed by atoms with Crippen molar-refractivity contribution in [2.24, 2.45) is 0 Å². The number of ether oxygens (including phenoxy) is 3. The summed E-state index contributed by atoms with van der Waals surface area (Å²) < 4.78 is 15.8. The predicted molar refractivity (Wildman–Crippen MR) is 175 cm³/mol. The largest absolute Gasteiger partial charge is 0.478 e. The average molecular weight is 626 g/mol. The number of methoxy groups -OCH3 is 1. The summed E-state index contributed by atoms with van der Waals surface area (Å²) in [5.74, 6) is -2.53. The third kappa shape index (κ3) is 14.6. The van der Waals surface area contributed by atoms with Gasteiger partial charge in [-0.15, -0.1) is 0 Å². The van der Waals surface area contributed by atoms with E-state index in [4.69, 9.17) is 14.2 Å². The Morgan fingerprint density at radius 1 is 0.667 bits per heavy atom. The van der Waals surface area contributed by atoms with Crippen molar-refractivity contribution >= 4 is 29.5 Å². The van der Waals surface area contributed by atoms with Crippen molar-refractivity contribution in [1.29, 1.82) is 0 Å². The standard InChI is InChI=1S/C36H51NO8/c1-4-6-7-8-9-10-11-12-13-14-15-16-17-18-19-20-33(38)37-31-26-27(35(41)43-3)21-22-32(31)45-30-24-28(34(39)40)23-29(25-30)36(42)44-5-2/h21-26H,4-20H2,1-3H3,(H,37,38)(H,39,40). The lowest BCUT2D eigenvalue weighted by atomic mass is 10.0. The number of carbonyl (C=O) groups excluding carboxylic acids is 3. The maximum absolute atomic E-state index is 12.8. The Morgan fingerprint density at radius 2 is 1.22 bits per heavy atom. The Labute approximate surface area is 268 Å². The number of carboxylic acids is 1. The lowest BCUT2D eigenvalue weighted by Gasteiger charge is -2.15. The minimum Gasteiger partial charge on any atom is -0.478 e. The van der Waals surface area contributed by atoms with Gasteiger partial charge in [-0.25, -0.2) is 14.4 Å². The molecule has 248 valence electrons. The van der Waals surface area contributed by atoms with E-state index in [2.05, 4.69) is 12.2 Å². The summed E-state index contributed by atoms with van der Waals surface area (Å²) in [4.78, 5) is 49.0. The van der Waals surface area contributed by atoms with E-state index in [9.17, 15) is 24.3 Å². The van der Waals surface area contributed by atoms with Crippen LogP contribution in [-0.2, 0) is 14.3 Å². The van der Waals surface area contributed by atoms with Gasteiger partial charge in [0, 0.05) is 6.42 Å². The molecule has 0 radical (unpaired) electrons. The van der Waals surface area contributed by atoms with Crippen molar-refractivity contribution in [1.82, 2.24) is 0 Å². The van der Waals surface area contributed by atoms with Gasteiger partial charge in [0.15, 0.2) is 5.75 Å². The Hall–Kier alpha value is -3.88.